The van der Waals surface area contributed by atoms with E-state index in [1.165, 1.54) is 18.2 Å². The molecule has 0 aliphatic carbocycles. The van der Waals surface area contributed by atoms with Crippen molar-refractivity contribution < 1.29 is 18.7 Å². The Labute approximate surface area is 103 Å². The maximum Gasteiger partial charge on any atom is 0.371 e. The first-order chi connectivity index (χ1) is 8.56. The summed E-state index contributed by atoms with van der Waals surface area (Å²) in [5.41, 5.74) is 1.36. The third-order valence-corrected chi connectivity index (χ3v) is 2.54. The molecule has 0 saturated heterocycles. The molecule has 18 heavy (non-hydrogen) atoms. The van der Waals surface area contributed by atoms with Crippen LogP contribution in [0.1, 0.15) is 21.9 Å². The standard InChI is InChI=1S/C13H12FNO3/c1-8-9(5-12(18-8)13(16)17)7-15-11-4-2-3-10(14)6-11/h2-6,15H,7H2,1H3,(H,16,17). The van der Waals surface area contributed by atoms with Crippen LogP contribution in [0.2, 0.25) is 0 Å². The Hall–Kier alpha value is -2.30. The number of hydrogen-bond acceptors (Lipinski definition) is 3. The molecule has 1 aromatic carbocycles. The predicted molar refractivity (Wildman–Crippen MR) is 64.1 cm³/mol. The predicted octanol–water partition coefficient (Wildman–Crippen LogP) is 3.04. The molecule has 4 nitrogen and oxygen atoms in total. The Morgan fingerprint density at radius 2 is 2.22 bits per heavy atom. The Kier molecular flexibility index (Phi) is 3.32. The molecule has 1 aromatic heterocycles. The Balaban J connectivity index is 2.08. The minimum absolute atomic E-state index is 0.0939. The maximum atomic E-state index is 12.9. The van der Waals surface area contributed by atoms with Crippen molar-refractivity contribution in [2.75, 3.05) is 5.32 Å². The molecule has 0 radical (unpaired) electrons. The number of aryl methyl sites for hydroxylation is 1. The first-order valence-electron chi connectivity index (χ1n) is 5.38. The lowest BCUT2D eigenvalue weighted by Crippen LogP contribution is -1.99. The molecule has 0 spiro atoms. The molecule has 2 aromatic rings. The Morgan fingerprint density at radius 1 is 1.44 bits per heavy atom. The zero-order valence-electron chi connectivity index (χ0n) is 9.74. The number of carboxylic acid groups (broad SMARTS) is 1. The summed E-state index contributed by atoms with van der Waals surface area (Å²) in [6.45, 7) is 2.07. The molecule has 5 heteroatoms. The number of carbonyl (C=O) groups is 1. The lowest BCUT2D eigenvalue weighted by atomic mass is 10.2. The van der Waals surface area contributed by atoms with Crippen molar-refractivity contribution in [1.82, 2.24) is 0 Å². The van der Waals surface area contributed by atoms with Crippen LogP contribution in [0.3, 0.4) is 0 Å². The van der Waals surface area contributed by atoms with E-state index < -0.39 is 5.97 Å². The van der Waals surface area contributed by atoms with Gasteiger partial charge in [-0.05, 0) is 31.2 Å². The summed E-state index contributed by atoms with van der Waals surface area (Å²) >= 11 is 0. The van der Waals surface area contributed by atoms with Crippen LogP contribution in [-0.4, -0.2) is 11.1 Å². The largest absolute Gasteiger partial charge is 0.475 e. The van der Waals surface area contributed by atoms with Crippen LogP contribution in [0.5, 0.6) is 0 Å². The molecule has 2 N–H and O–H groups in total. The molecule has 0 amide bonds. The molecule has 0 bridgehead atoms. The maximum absolute atomic E-state index is 12.9. The number of carboxylic acids is 1. The summed E-state index contributed by atoms with van der Waals surface area (Å²) in [4.78, 5) is 10.7. The molecule has 0 atom stereocenters. The van der Waals surface area contributed by atoms with Crippen LogP contribution in [-0.2, 0) is 6.54 Å². The molecule has 0 unspecified atom stereocenters. The number of hydrogen-bond donors (Lipinski definition) is 2. The summed E-state index contributed by atoms with van der Waals surface area (Å²) in [5.74, 6) is -0.981. The van der Waals surface area contributed by atoms with Gasteiger partial charge in [-0.25, -0.2) is 9.18 Å². The molecule has 94 valence electrons. The monoisotopic (exact) mass is 249 g/mol. The van der Waals surface area contributed by atoms with Crippen molar-refractivity contribution in [3.8, 4) is 0 Å². The van der Waals surface area contributed by atoms with Crippen LogP contribution in [0.4, 0.5) is 10.1 Å². The molecule has 0 aliphatic rings. The van der Waals surface area contributed by atoms with E-state index in [0.29, 0.717) is 18.0 Å². The second-order valence-electron chi connectivity index (χ2n) is 3.86. The van der Waals surface area contributed by atoms with Crippen LogP contribution >= 0.6 is 0 Å². The molecule has 0 saturated carbocycles. The summed E-state index contributed by atoms with van der Waals surface area (Å²) in [6, 6.07) is 7.52. The van der Waals surface area contributed by atoms with E-state index in [1.54, 1.807) is 19.1 Å². The van der Waals surface area contributed by atoms with E-state index in [2.05, 4.69) is 5.32 Å². The zero-order valence-corrected chi connectivity index (χ0v) is 9.74. The highest BCUT2D eigenvalue weighted by atomic mass is 19.1. The first kappa shape index (κ1) is 12.2. The fraction of sp³-hybridized carbons (Fsp3) is 0.154. The highest BCUT2D eigenvalue weighted by Gasteiger charge is 2.12. The highest BCUT2D eigenvalue weighted by Crippen LogP contribution is 2.17. The summed E-state index contributed by atoms with van der Waals surface area (Å²) in [6.07, 6.45) is 0. The van der Waals surface area contributed by atoms with Gasteiger partial charge < -0.3 is 14.8 Å². The van der Waals surface area contributed by atoms with Crippen LogP contribution in [0, 0.1) is 12.7 Å². The molecular weight excluding hydrogens is 237 g/mol. The van der Waals surface area contributed by atoms with Gasteiger partial charge in [0.15, 0.2) is 0 Å². The minimum atomic E-state index is -1.10. The smallest absolute Gasteiger partial charge is 0.371 e. The summed E-state index contributed by atoms with van der Waals surface area (Å²) in [7, 11) is 0. The molecular formula is C13H12FNO3. The fourth-order valence-electron chi connectivity index (χ4n) is 1.60. The quantitative estimate of drug-likeness (QED) is 0.874. The van der Waals surface area contributed by atoms with E-state index in [4.69, 9.17) is 9.52 Å². The molecule has 0 fully saturated rings. The Bertz CT molecular complexity index is 577. The number of nitrogens with one attached hydrogen (secondary N) is 1. The number of aromatic carboxylic acids is 1. The Morgan fingerprint density at radius 3 is 2.83 bits per heavy atom. The van der Waals surface area contributed by atoms with Crippen LogP contribution in [0.25, 0.3) is 0 Å². The van der Waals surface area contributed by atoms with E-state index >= 15 is 0 Å². The van der Waals surface area contributed by atoms with Crippen LogP contribution in [0.15, 0.2) is 34.7 Å². The molecule has 0 aliphatic heterocycles. The van der Waals surface area contributed by atoms with Gasteiger partial charge in [0.2, 0.25) is 5.76 Å². The van der Waals surface area contributed by atoms with Gasteiger partial charge in [0.25, 0.3) is 0 Å². The topological polar surface area (TPSA) is 62.5 Å². The fourth-order valence-corrected chi connectivity index (χ4v) is 1.60. The van der Waals surface area contributed by atoms with E-state index in [0.717, 1.165) is 5.56 Å². The second-order valence-corrected chi connectivity index (χ2v) is 3.86. The van der Waals surface area contributed by atoms with E-state index in [9.17, 15) is 9.18 Å². The lowest BCUT2D eigenvalue weighted by molar-refractivity contribution is 0.0661. The molecule has 1 heterocycles. The van der Waals surface area contributed by atoms with Crippen molar-refractivity contribution in [1.29, 1.82) is 0 Å². The van der Waals surface area contributed by atoms with E-state index in [1.807, 2.05) is 0 Å². The number of rotatable bonds is 4. The van der Waals surface area contributed by atoms with Crippen molar-refractivity contribution >= 4 is 11.7 Å². The van der Waals surface area contributed by atoms with E-state index in [-0.39, 0.29) is 11.6 Å². The number of furan rings is 1. The van der Waals surface area contributed by atoms with Gasteiger partial charge in [-0.1, -0.05) is 6.07 Å². The van der Waals surface area contributed by atoms with Crippen LogP contribution < -0.4 is 5.32 Å². The van der Waals surface area contributed by atoms with Gasteiger partial charge in [-0.2, -0.15) is 0 Å². The average Bonchev–Trinajstić information content (AvgIpc) is 2.68. The van der Waals surface area contributed by atoms with Crippen molar-refractivity contribution in [2.24, 2.45) is 0 Å². The molecule has 2 rings (SSSR count). The van der Waals surface area contributed by atoms with Gasteiger partial charge in [0.1, 0.15) is 11.6 Å². The van der Waals surface area contributed by atoms with Gasteiger partial charge in [0.05, 0.1) is 0 Å². The third-order valence-electron chi connectivity index (χ3n) is 2.54. The van der Waals surface area contributed by atoms with Gasteiger partial charge >= 0.3 is 5.97 Å². The number of anilines is 1. The minimum Gasteiger partial charge on any atom is -0.475 e. The summed E-state index contributed by atoms with van der Waals surface area (Å²) < 4.78 is 18.0. The van der Waals surface area contributed by atoms with Crippen molar-refractivity contribution in [3.63, 3.8) is 0 Å². The lowest BCUT2D eigenvalue weighted by Gasteiger charge is -2.05. The highest BCUT2D eigenvalue weighted by molar-refractivity contribution is 5.84. The third kappa shape index (κ3) is 2.68. The SMILES string of the molecule is Cc1oc(C(=O)O)cc1CNc1cccc(F)c1. The average molecular weight is 249 g/mol. The first-order valence-corrected chi connectivity index (χ1v) is 5.38. The second kappa shape index (κ2) is 4.91. The van der Waals surface area contributed by atoms with Gasteiger partial charge in [-0.3, -0.25) is 0 Å². The van der Waals surface area contributed by atoms with Gasteiger partial charge in [0, 0.05) is 17.8 Å². The zero-order chi connectivity index (χ0) is 13.1. The summed E-state index contributed by atoms with van der Waals surface area (Å²) in [5, 5.41) is 11.8. The normalized spacial score (nSPS) is 10.3. The van der Waals surface area contributed by atoms with Crippen molar-refractivity contribution in [2.45, 2.75) is 13.5 Å². The van der Waals surface area contributed by atoms with Gasteiger partial charge in [-0.15, -0.1) is 0 Å². The number of halogens is 1. The number of benzene rings is 1. The van der Waals surface area contributed by atoms with Crippen molar-refractivity contribution in [3.05, 3.63) is 53.2 Å².